The zero-order valence-electron chi connectivity index (χ0n) is 12.7. The third kappa shape index (κ3) is 4.61. The lowest BCUT2D eigenvalue weighted by atomic mass is 10.2. The number of hydrogen-bond donors (Lipinski definition) is 1. The largest absolute Gasteiger partial charge is 0.434 e. The number of nitrogens with one attached hydrogen (secondary N) is 1. The topological polar surface area (TPSA) is 46.5 Å². The molecule has 25 heavy (non-hydrogen) atoms. The number of nitrogens with zero attached hydrogens (tertiary/aromatic N) is 2. The Morgan fingerprint density at radius 2 is 1.96 bits per heavy atom. The molecule has 0 atom stereocenters. The van der Waals surface area contributed by atoms with E-state index in [0.29, 0.717) is 15.2 Å². The summed E-state index contributed by atoms with van der Waals surface area (Å²) in [4.78, 5) is 4.44. The minimum absolute atomic E-state index is 0.0408. The van der Waals surface area contributed by atoms with Crippen molar-refractivity contribution in [1.82, 2.24) is 4.98 Å². The fourth-order valence-corrected chi connectivity index (χ4v) is 3.18. The van der Waals surface area contributed by atoms with E-state index in [1.165, 1.54) is 23.6 Å². The highest BCUT2D eigenvalue weighted by molar-refractivity contribution is 9.10. The molecule has 0 radical (unpaired) electrons. The Hall–Kier alpha value is -2.32. The van der Waals surface area contributed by atoms with Gasteiger partial charge < -0.3 is 4.74 Å². The molecular weight excluding hydrogens is 412 g/mol. The van der Waals surface area contributed by atoms with Gasteiger partial charge in [-0.2, -0.15) is 13.9 Å². The van der Waals surface area contributed by atoms with Gasteiger partial charge in [0.2, 0.25) is 5.13 Å². The molecule has 0 aliphatic rings. The van der Waals surface area contributed by atoms with Gasteiger partial charge in [-0.1, -0.05) is 36.4 Å². The second-order valence-corrected chi connectivity index (χ2v) is 6.52. The van der Waals surface area contributed by atoms with E-state index in [4.69, 9.17) is 0 Å². The number of benzene rings is 2. The summed E-state index contributed by atoms with van der Waals surface area (Å²) in [6.07, 6.45) is 1.41. The summed E-state index contributed by atoms with van der Waals surface area (Å²) in [6.45, 7) is -2.90. The number of alkyl halides is 2. The molecule has 0 aliphatic carbocycles. The van der Waals surface area contributed by atoms with Gasteiger partial charge in [0.1, 0.15) is 5.75 Å². The van der Waals surface area contributed by atoms with E-state index < -0.39 is 6.61 Å². The minimum Gasteiger partial charge on any atom is -0.434 e. The molecule has 3 rings (SSSR count). The van der Waals surface area contributed by atoms with E-state index in [9.17, 15) is 8.78 Å². The number of hydrazone groups is 1. The van der Waals surface area contributed by atoms with E-state index >= 15 is 0 Å². The van der Waals surface area contributed by atoms with Gasteiger partial charge in [-0.3, -0.25) is 5.43 Å². The Bertz CT molecular complexity index is 871. The number of anilines is 1. The van der Waals surface area contributed by atoms with Gasteiger partial charge in [-0.25, -0.2) is 4.98 Å². The average Bonchev–Trinajstić information content (AvgIpc) is 3.06. The van der Waals surface area contributed by atoms with Gasteiger partial charge in [0.25, 0.3) is 0 Å². The number of rotatable bonds is 6. The zero-order valence-corrected chi connectivity index (χ0v) is 15.1. The summed E-state index contributed by atoms with van der Waals surface area (Å²) in [7, 11) is 0. The summed E-state index contributed by atoms with van der Waals surface area (Å²) in [5.41, 5.74) is 5.06. The molecule has 1 N–H and O–H groups in total. The summed E-state index contributed by atoms with van der Waals surface area (Å²) < 4.78 is 30.0. The Morgan fingerprint density at radius 3 is 2.72 bits per heavy atom. The first kappa shape index (κ1) is 17.5. The first-order chi connectivity index (χ1) is 12.1. The van der Waals surface area contributed by atoms with E-state index in [2.05, 4.69) is 36.2 Å². The van der Waals surface area contributed by atoms with Gasteiger partial charge in [0.15, 0.2) is 0 Å². The van der Waals surface area contributed by atoms with Crippen molar-refractivity contribution in [3.63, 3.8) is 0 Å². The van der Waals surface area contributed by atoms with Crippen molar-refractivity contribution in [3.05, 3.63) is 63.9 Å². The number of aromatic nitrogens is 1. The molecule has 8 heteroatoms. The number of halogens is 3. The van der Waals surface area contributed by atoms with Gasteiger partial charge >= 0.3 is 6.61 Å². The SMILES string of the molecule is FC(F)Oc1cccc(Br)c1C=NNc1nc(-c2ccccc2)cs1. The maximum absolute atomic E-state index is 12.5. The van der Waals surface area contributed by atoms with Crippen molar-refractivity contribution in [2.75, 3.05) is 5.43 Å². The van der Waals surface area contributed by atoms with Crippen LogP contribution in [0.2, 0.25) is 0 Å². The van der Waals surface area contributed by atoms with Crippen LogP contribution in [0.25, 0.3) is 11.3 Å². The molecule has 0 unspecified atom stereocenters. The van der Waals surface area contributed by atoms with Crippen molar-refractivity contribution < 1.29 is 13.5 Å². The summed E-state index contributed by atoms with van der Waals surface area (Å²) in [6, 6.07) is 14.5. The van der Waals surface area contributed by atoms with Gasteiger partial charge in [0, 0.05) is 15.4 Å². The molecule has 1 heterocycles. The second kappa shape index (κ2) is 8.17. The van der Waals surface area contributed by atoms with Crippen molar-refractivity contribution in [1.29, 1.82) is 0 Å². The Balaban J connectivity index is 1.73. The molecule has 0 amide bonds. The number of hydrogen-bond acceptors (Lipinski definition) is 5. The highest BCUT2D eigenvalue weighted by Gasteiger charge is 2.11. The lowest BCUT2D eigenvalue weighted by Gasteiger charge is -2.08. The highest BCUT2D eigenvalue weighted by Crippen LogP contribution is 2.27. The van der Waals surface area contributed by atoms with E-state index in [1.54, 1.807) is 12.1 Å². The normalized spacial score (nSPS) is 11.2. The summed E-state index contributed by atoms with van der Waals surface area (Å²) in [5.74, 6) is 0.0408. The lowest BCUT2D eigenvalue weighted by Crippen LogP contribution is -2.05. The van der Waals surface area contributed by atoms with E-state index in [1.807, 2.05) is 35.7 Å². The molecule has 0 saturated carbocycles. The van der Waals surface area contributed by atoms with Crippen molar-refractivity contribution in [3.8, 4) is 17.0 Å². The third-order valence-electron chi connectivity index (χ3n) is 3.16. The molecule has 0 bridgehead atoms. The van der Waals surface area contributed by atoms with Crippen LogP contribution >= 0.6 is 27.3 Å². The molecule has 3 aromatic rings. The Labute approximate surface area is 155 Å². The molecule has 4 nitrogen and oxygen atoms in total. The van der Waals surface area contributed by atoms with Crippen LogP contribution in [0.4, 0.5) is 13.9 Å². The molecule has 0 fully saturated rings. The number of thiazole rings is 1. The van der Waals surface area contributed by atoms with Crippen LogP contribution in [-0.4, -0.2) is 17.8 Å². The Morgan fingerprint density at radius 1 is 1.16 bits per heavy atom. The first-order valence-electron chi connectivity index (χ1n) is 7.17. The van der Waals surface area contributed by atoms with Crippen molar-refractivity contribution in [2.45, 2.75) is 6.61 Å². The van der Waals surface area contributed by atoms with Crippen LogP contribution in [-0.2, 0) is 0 Å². The highest BCUT2D eigenvalue weighted by atomic mass is 79.9. The smallest absolute Gasteiger partial charge is 0.387 e. The molecule has 2 aromatic carbocycles. The predicted molar refractivity (Wildman–Crippen MR) is 99.5 cm³/mol. The molecule has 128 valence electrons. The first-order valence-corrected chi connectivity index (χ1v) is 8.84. The maximum atomic E-state index is 12.5. The number of ether oxygens (including phenoxy) is 1. The van der Waals surface area contributed by atoms with Crippen LogP contribution in [0.5, 0.6) is 5.75 Å². The maximum Gasteiger partial charge on any atom is 0.387 e. The second-order valence-electron chi connectivity index (χ2n) is 4.80. The molecule has 1 aromatic heterocycles. The fraction of sp³-hybridized carbons (Fsp3) is 0.0588. The average molecular weight is 424 g/mol. The monoisotopic (exact) mass is 423 g/mol. The van der Waals surface area contributed by atoms with Crippen LogP contribution in [0.1, 0.15) is 5.56 Å². The standard InChI is InChI=1S/C17H12BrF2N3OS/c18-13-7-4-8-15(24-16(19)20)12(13)9-21-23-17-22-14(10-25-17)11-5-2-1-3-6-11/h1-10,16H,(H,22,23). The van der Waals surface area contributed by atoms with Crippen LogP contribution in [0.15, 0.2) is 63.5 Å². The van der Waals surface area contributed by atoms with Gasteiger partial charge in [-0.15, -0.1) is 11.3 Å². The van der Waals surface area contributed by atoms with Crippen LogP contribution < -0.4 is 10.2 Å². The fourth-order valence-electron chi connectivity index (χ4n) is 2.06. The summed E-state index contributed by atoms with van der Waals surface area (Å²) in [5, 5.41) is 6.58. The van der Waals surface area contributed by atoms with Crippen LogP contribution in [0, 0.1) is 0 Å². The van der Waals surface area contributed by atoms with Crippen molar-refractivity contribution >= 4 is 38.6 Å². The van der Waals surface area contributed by atoms with Crippen LogP contribution in [0.3, 0.4) is 0 Å². The molecule has 0 spiro atoms. The molecular formula is C17H12BrF2N3OS. The zero-order chi connectivity index (χ0) is 17.6. The lowest BCUT2D eigenvalue weighted by molar-refractivity contribution is -0.0499. The molecule has 0 aliphatic heterocycles. The predicted octanol–water partition coefficient (Wildman–Crippen LogP) is 5.62. The van der Waals surface area contributed by atoms with E-state index in [-0.39, 0.29) is 5.75 Å². The van der Waals surface area contributed by atoms with Gasteiger partial charge in [-0.05, 0) is 28.1 Å². The minimum atomic E-state index is -2.90. The van der Waals surface area contributed by atoms with Gasteiger partial charge in [0.05, 0.1) is 17.5 Å². The van der Waals surface area contributed by atoms with E-state index in [0.717, 1.165) is 11.3 Å². The summed E-state index contributed by atoms with van der Waals surface area (Å²) >= 11 is 4.70. The van der Waals surface area contributed by atoms with Crippen molar-refractivity contribution in [2.24, 2.45) is 5.10 Å². The third-order valence-corrected chi connectivity index (χ3v) is 4.59. The Kier molecular flexibility index (Phi) is 5.72. The quantitative estimate of drug-likeness (QED) is 0.413. The molecule has 0 saturated heterocycles.